The van der Waals surface area contributed by atoms with Crippen LogP contribution >= 0.6 is 0 Å². The topological polar surface area (TPSA) is 78.9 Å². The lowest BCUT2D eigenvalue weighted by molar-refractivity contribution is -0.146. The number of aliphatic hydroxyl groups is 1. The van der Waals surface area contributed by atoms with Gasteiger partial charge in [0.1, 0.15) is 6.04 Å². The van der Waals surface area contributed by atoms with E-state index in [1.54, 1.807) is 6.92 Å². The Hall–Kier alpha value is -1.92. The van der Waals surface area contributed by atoms with Crippen LogP contribution in [0.4, 0.5) is 0 Å². The van der Waals surface area contributed by atoms with Crippen molar-refractivity contribution in [3.8, 4) is 0 Å². The largest absolute Gasteiger partial charge is 0.465 e. The molecule has 5 atom stereocenters. The van der Waals surface area contributed by atoms with E-state index < -0.39 is 12.1 Å². The number of amides is 1. The molecule has 1 heterocycles. The molecule has 1 aliphatic heterocycles. The van der Waals surface area contributed by atoms with E-state index >= 15 is 0 Å². The van der Waals surface area contributed by atoms with Crippen LogP contribution in [0.3, 0.4) is 0 Å². The van der Waals surface area contributed by atoms with Gasteiger partial charge in [-0.3, -0.25) is 14.9 Å². The minimum Gasteiger partial charge on any atom is -0.465 e. The quantitative estimate of drug-likeness (QED) is 0.605. The predicted molar refractivity (Wildman–Crippen MR) is 116 cm³/mol. The molecule has 1 aromatic carbocycles. The standard InChI is InChI=1S/C24H36N2O4/c1-3-30-24(29)21(14-13-18-9-5-4-6-10-18)25-17(2)23(28)26-20(16-27)15-19-11-7-8-12-22(19)26/h4-6,9-10,17,19-22,25,27H,3,7-8,11-16H2,1-2H3/t17-,19?,20+,21+,22?/m1/s1. The summed E-state index contributed by atoms with van der Waals surface area (Å²) in [7, 11) is 0. The summed E-state index contributed by atoms with van der Waals surface area (Å²) in [5.74, 6) is 0.159. The van der Waals surface area contributed by atoms with Gasteiger partial charge in [-0.15, -0.1) is 0 Å². The van der Waals surface area contributed by atoms with Crippen molar-refractivity contribution >= 4 is 11.9 Å². The summed E-state index contributed by atoms with van der Waals surface area (Å²) in [5, 5.41) is 13.1. The lowest BCUT2D eigenvalue weighted by Crippen LogP contribution is -2.55. The van der Waals surface area contributed by atoms with E-state index in [9.17, 15) is 14.7 Å². The van der Waals surface area contributed by atoms with Crippen molar-refractivity contribution in [3.63, 3.8) is 0 Å². The van der Waals surface area contributed by atoms with Crippen LogP contribution in [0.1, 0.15) is 57.9 Å². The smallest absolute Gasteiger partial charge is 0.323 e. The Labute approximate surface area is 180 Å². The zero-order valence-electron chi connectivity index (χ0n) is 18.3. The van der Waals surface area contributed by atoms with Crippen LogP contribution in [0.25, 0.3) is 0 Å². The fraction of sp³-hybridized carbons (Fsp3) is 0.667. The van der Waals surface area contributed by atoms with Crippen molar-refractivity contribution in [1.29, 1.82) is 0 Å². The first-order valence-corrected chi connectivity index (χ1v) is 11.4. The van der Waals surface area contributed by atoms with Gasteiger partial charge in [0.15, 0.2) is 0 Å². The third-order valence-electron chi connectivity index (χ3n) is 6.62. The molecule has 2 N–H and O–H groups in total. The van der Waals surface area contributed by atoms with Crippen LogP contribution in [-0.4, -0.2) is 59.3 Å². The second kappa shape index (κ2) is 10.9. The molecule has 0 spiro atoms. The molecule has 2 unspecified atom stereocenters. The first-order valence-electron chi connectivity index (χ1n) is 11.4. The molecule has 2 fully saturated rings. The number of fused-ring (bicyclic) bond motifs is 1. The highest BCUT2D eigenvalue weighted by atomic mass is 16.5. The van der Waals surface area contributed by atoms with Gasteiger partial charge >= 0.3 is 5.97 Å². The van der Waals surface area contributed by atoms with Gasteiger partial charge in [0, 0.05) is 6.04 Å². The molecule has 0 radical (unpaired) electrons. The van der Waals surface area contributed by atoms with Gasteiger partial charge in [0.05, 0.1) is 25.3 Å². The Morgan fingerprint density at radius 2 is 1.97 bits per heavy atom. The van der Waals surface area contributed by atoms with E-state index in [2.05, 4.69) is 5.32 Å². The monoisotopic (exact) mass is 416 g/mol. The van der Waals surface area contributed by atoms with Crippen LogP contribution in [-0.2, 0) is 20.7 Å². The number of aliphatic hydroxyl groups excluding tert-OH is 1. The molecular formula is C24H36N2O4. The number of carbonyl (C=O) groups is 2. The van der Waals surface area contributed by atoms with E-state index in [0.29, 0.717) is 18.9 Å². The average Bonchev–Trinajstić information content (AvgIpc) is 3.15. The van der Waals surface area contributed by atoms with E-state index in [1.165, 1.54) is 6.42 Å². The van der Waals surface area contributed by atoms with Crippen LogP contribution in [0.5, 0.6) is 0 Å². The third kappa shape index (κ3) is 5.41. The van der Waals surface area contributed by atoms with Gasteiger partial charge < -0.3 is 14.7 Å². The predicted octanol–water partition coefficient (Wildman–Crippen LogP) is 2.68. The number of aryl methyl sites for hydroxylation is 1. The van der Waals surface area contributed by atoms with Crippen molar-refractivity contribution in [2.24, 2.45) is 5.92 Å². The Bertz CT molecular complexity index is 696. The maximum atomic E-state index is 13.4. The highest BCUT2D eigenvalue weighted by Crippen LogP contribution is 2.39. The summed E-state index contributed by atoms with van der Waals surface area (Å²) in [6, 6.07) is 9.07. The third-order valence-corrected chi connectivity index (χ3v) is 6.62. The Morgan fingerprint density at radius 1 is 1.23 bits per heavy atom. The Morgan fingerprint density at radius 3 is 2.67 bits per heavy atom. The molecule has 1 amide bonds. The number of rotatable bonds is 9. The maximum Gasteiger partial charge on any atom is 0.323 e. The van der Waals surface area contributed by atoms with E-state index in [1.807, 2.05) is 42.2 Å². The number of likely N-dealkylation sites (tertiary alicyclic amines) is 1. The second-order valence-electron chi connectivity index (χ2n) is 8.65. The van der Waals surface area contributed by atoms with Gasteiger partial charge in [-0.2, -0.15) is 0 Å². The van der Waals surface area contributed by atoms with Crippen LogP contribution in [0, 0.1) is 5.92 Å². The fourth-order valence-electron chi connectivity index (χ4n) is 5.13. The Balaban J connectivity index is 1.66. The number of hydrogen-bond donors (Lipinski definition) is 2. The molecule has 6 heteroatoms. The molecule has 6 nitrogen and oxygen atoms in total. The zero-order valence-corrected chi connectivity index (χ0v) is 18.3. The van der Waals surface area contributed by atoms with Crippen molar-refractivity contribution in [2.75, 3.05) is 13.2 Å². The van der Waals surface area contributed by atoms with Crippen molar-refractivity contribution < 1.29 is 19.4 Å². The van der Waals surface area contributed by atoms with Crippen LogP contribution in [0.15, 0.2) is 30.3 Å². The fourth-order valence-corrected chi connectivity index (χ4v) is 5.13. The Kier molecular flexibility index (Phi) is 8.28. The van der Waals surface area contributed by atoms with Crippen molar-refractivity contribution in [1.82, 2.24) is 10.2 Å². The van der Waals surface area contributed by atoms with Gasteiger partial charge in [-0.25, -0.2) is 0 Å². The lowest BCUT2D eigenvalue weighted by Gasteiger charge is -2.36. The molecule has 1 aromatic rings. The summed E-state index contributed by atoms with van der Waals surface area (Å²) in [6.45, 7) is 3.93. The molecule has 2 aliphatic rings. The number of nitrogens with zero attached hydrogens (tertiary/aromatic N) is 1. The minimum absolute atomic E-state index is 0.000766. The summed E-state index contributed by atoms with van der Waals surface area (Å²) in [5.41, 5.74) is 1.15. The highest BCUT2D eigenvalue weighted by Gasteiger charge is 2.45. The number of hydrogen-bond acceptors (Lipinski definition) is 5. The first-order chi connectivity index (χ1) is 14.5. The summed E-state index contributed by atoms with van der Waals surface area (Å²) < 4.78 is 5.26. The number of esters is 1. The van der Waals surface area contributed by atoms with Crippen LogP contribution < -0.4 is 5.32 Å². The maximum absolute atomic E-state index is 13.4. The van der Waals surface area contributed by atoms with Gasteiger partial charge in [-0.1, -0.05) is 43.2 Å². The number of carbonyl (C=O) groups excluding carboxylic acids is 2. The van der Waals surface area contributed by atoms with E-state index in [-0.39, 0.29) is 30.6 Å². The van der Waals surface area contributed by atoms with Crippen LogP contribution in [0.2, 0.25) is 0 Å². The molecule has 0 aromatic heterocycles. The molecule has 1 saturated heterocycles. The summed E-state index contributed by atoms with van der Waals surface area (Å²) in [6.07, 6.45) is 6.66. The minimum atomic E-state index is -0.540. The second-order valence-corrected chi connectivity index (χ2v) is 8.65. The molecule has 0 bridgehead atoms. The molecule has 3 rings (SSSR count). The first kappa shape index (κ1) is 22.8. The average molecular weight is 417 g/mol. The summed E-state index contributed by atoms with van der Waals surface area (Å²) in [4.78, 5) is 27.8. The highest BCUT2D eigenvalue weighted by molar-refractivity contribution is 5.84. The van der Waals surface area contributed by atoms with Gasteiger partial charge in [0.2, 0.25) is 5.91 Å². The molecule has 30 heavy (non-hydrogen) atoms. The van der Waals surface area contributed by atoms with E-state index in [4.69, 9.17) is 4.74 Å². The van der Waals surface area contributed by atoms with Crippen molar-refractivity contribution in [2.45, 2.75) is 83.0 Å². The molecule has 166 valence electrons. The number of benzene rings is 1. The molecule has 1 aliphatic carbocycles. The van der Waals surface area contributed by atoms with Crippen molar-refractivity contribution in [3.05, 3.63) is 35.9 Å². The normalized spacial score (nSPS) is 25.4. The zero-order chi connectivity index (χ0) is 21.5. The molecular weight excluding hydrogens is 380 g/mol. The SMILES string of the molecule is CCOC(=O)[C@H](CCc1ccccc1)N[C@H](C)C(=O)N1C2CCCCC2C[C@H]1CO. The lowest BCUT2D eigenvalue weighted by atomic mass is 9.84. The van der Waals surface area contributed by atoms with E-state index in [0.717, 1.165) is 37.7 Å². The number of nitrogens with one attached hydrogen (secondary N) is 1. The summed E-state index contributed by atoms with van der Waals surface area (Å²) >= 11 is 0. The molecule has 1 saturated carbocycles. The van der Waals surface area contributed by atoms with Gasteiger partial charge in [-0.05, 0) is 57.4 Å². The number of ether oxygens (including phenoxy) is 1. The van der Waals surface area contributed by atoms with Gasteiger partial charge in [0.25, 0.3) is 0 Å².